The molecule has 2 atom stereocenters. The van der Waals surface area contributed by atoms with Crippen molar-refractivity contribution in [3.63, 3.8) is 0 Å². The van der Waals surface area contributed by atoms with Crippen LogP contribution in [-0.4, -0.2) is 53.2 Å². The lowest BCUT2D eigenvalue weighted by molar-refractivity contribution is -0.138. The third-order valence-corrected chi connectivity index (χ3v) is 6.81. The van der Waals surface area contributed by atoms with E-state index in [0.717, 1.165) is 4.31 Å². The number of hydrogen-bond donors (Lipinski definition) is 4. The van der Waals surface area contributed by atoms with Gasteiger partial charge in [-0.3, -0.25) is 8.86 Å². The number of fused-ring (bicyclic) bond motifs is 3. The topological polar surface area (TPSA) is 160 Å². The molecule has 12 nitrogen and oxygen atoms in total. The van der Waals surface area contributed by atoms with Crippen molar-refractivity contribution in [3.8, 4) is 17.2 Å². The highest BCUT2D eigenvalue weighted by atomic mass is 32.2. The average molecular weight is 558 g/mol. The molecule has 4 rings (SSSR count). The number of benzene rings is 3. The fourth-order valence-corrected chi connectivity index (χ4v) is 5.00. The lowest BCUT2D eigenvalue weighted by Crippen LogP contribution is -2.41. The zero-order chi connectivity index (χ0) is 28.3. The first kappa shape index (κ1) is 27.5. The summed E-state index contributed by atoms with van der Waals surface area (Å²) in [5, 5.41) is 16.3. The van der Waals surface area contributed by atoms with Crippen molar-refractivity contribution in [2.75, 3.05) is 36.3 Å². The number of nitrogens with zero attached hydrogens (tertiary/aromatic N) is 1. The van der Waals surface area contributed by atoms with E-state index < -0.39 is 29.3 Å². The summed E-state index contributed by atoms with van der Waals surface area (Å²) in [6, 6.07) is 11.2. The third-order valence-electron chi connectivity index (χ3n) is 6.01. The lowest BCUT2D eigenvalue weighted by atomic mass is 10.1. The number of furan rings is 1. The Balaban J connectivity index is 1.60. The summed E-state index contributed by atoms with van der Waals surface area (Å²) in [5.41, 5.74) is 2.06. The molecule has 1 aromatic heterocycles. The number of carboxylic acid groups (broad SMARTS) is 1. The van der Waals surface area contributed by atoms with Crippen LogP contribution in [0.3, 0.4) is 0 Å². The van der Waals surface area contributed by atoms with E-state index in [1.807, 2.05) is 0 Å². The fourth-order valence-electron chi connectivity index (χ4n) is 4.25. The summed E-state index contributed by atoms with van der Waals surface area (Å²) in [4.78, 5) is 24.3. The molecule has 0 saturated carbocycles. The Hall–Kier alpha value is -4.49. The minimum atomic E-state index is -2.56. The van der Waals surface area contributed by atoms with E-state index in [4.69, 9.17) is 18.6 Å². The predicted molar refractivity (Wildman–Crippen MR) is 147 cm³/mol. The van der Waals surface area contributed by atoms with Crippen molar-refractivity contribution in [1.29, 1.82) is 0 Å². The number of carbonyl (C=O) groups excluding carboxylic acids is 1. The molecule has 0 aliphatic heterocycles. The van der Waals surface area contributed by atoms with Gasteiger partial charge in [-0.25, -0.2) is 13.8 Å². The lowest BCUT2D eigenvalue weighted by Gasteiger charge is -2.25. The number of urea groups is 1. The number of amides is 2. The molecule has 3 aromatic carbocycles. The molecule has 2 amide bonds. The van der Waals surface area contributed by atoms with Crippen LogP contribution in [-0.2, 0) is 16.1 Å². The molecule has 4 N–H and O–H groups in total. The number of ether oxygens (including phenoxy) is 3. The first-order valence-corrected chi connectivity index (χ1v) is 12.7. The quantitative estimate of drug-likeness (QED) is 0.195. The first-order valence-electron chi connectivity index (χ1n) is 11.7. The van der Waals surface area contributed by atoms with Crippen molar-refractivity contribution in [1.82, 2.24) is 0 Å². The van der Waals surface area contributed by atoms with Gasteiger partial charge >= 0.3 is 12.0 Å². The van der Waals surface area contributed by atoms with E-state index in [1.54, 1.807) is 49.4 Å². The molecule has 0 aliphatic rings. The summed E-state index contributed by atoms with van der Waals surface area (Å²) < 4.78 is 44.6. The van der Waals surface area contributed by atoms with E-state index >= 15 is 0 Å². The van der Waals surface area contributed by atoms with Gasteiger partial charge in [0.15, 0.2) is 11.5 Å². The summed E-state index contributed by atoms with van der Waals surface area (Å²) in [6.45, 7) is 1.62. The number of carboxylic acids is 1. The standard InChI is InChI=1S/C26H27N3O9S/c1-5-19(25(30)31)29(39(33)34)16-7-9-20-18(13-16)17-8-6-14(10-21(17)38-20)27-26(32)28-15-11-22(35-2)24(37-4)23(12-15)36-3/h6-13,19H,5H2,1-4H3,(H,30,31)(H,33,34)(H2,27,28,32). The number of carbonyl (C=O) groups is 2. The highest BCUT2D eigenvalue weighted by molar-refractivity contribution is 7.80. The third kappa shape index (κ3) is 5.54. The minimum Gasteiger partial charge on any atom is -0.493 e. The Morgan fingerprint density at radius 1 is 0.923 bits per heavy atom. The van der Waals surface area contributed by atoms with Gasteiger partial charge in [0.05, 0.1) is 32.7 Å². The van der Waals surface area contributed by atoms with Gasteiger partial charge in [0.25, 0.3) is 11.3 Å². The van der Waals surface area contributed by atoms with Gasteiger partial charge in [-0.2, -0.15) is 0 Å². The van der Waals surface area contributed by atoms with Crippen molar-refractivity contribution in [2.24, 2.45) is 0 Å². The minimum absolute atomic E-state index is 0.124. The molecule has 0 radical (unpaired) electrons. The zero-order valence-electron chi connectivity index (χ0n) is 21.5. The van der Waals surface area contributed by atoms with Gasteiger partial charge in [-0.05, 0) is 36.8 Å². The van der Waals surface area contributed by atoms with Crippen LogP contribution in [0.25, 0.3) is 21.9 Å². The number of methoxy groups -OCH3 is 3. The molecule has 0 saturated heterocycles. The van der Waals surface area contributed by atoms with Gasteiger partial charge in [-0.1, -0.05) is 6.92 Å². The Kier molecular flexibility index (Phi) is 8.12. The van der Waals surface area contributed by atoms with E-state index in [0.29, 0.717) is 50.6 Å². The SMILES string of the molecule is CCC(C(=O)O)N(c1ccc2oc3cc(NC(=O)Nc4cc(OC)c(OC)c(OC)c4)ccc3c2c1)S(=O)O. The summed E-state index contributed by atoms with van der Waals surface area (Å²) in [7, 11) is 4.43. The molecule has 206 valence electrons. The maximum Gasteiger partial charge on any atom is 0.327 e. The Bertz CT molecular complexity index is 1540. The summed E-state index contributed by atoms with van der Waals surface area (Å²) >= 11 is -2.56. The molecule has 39 heavy (non-hydrogen) atoms. The van der Waals surface area contributed by atoms with Crippen molar-refractivity contribution < 1.29 is 42.1 Å². The van der Waals surface area contributed by atoms with Crippen LogP contribution in [0.2, 0.25) is 0 Å². The van der Waals surface area contributed by atoms with Crippen LogP contribution in [0.5, 0.6) is 17.2 Å². The number of nitrogens with one attached hydrogen (secondary N) is 2. The van der Waals surface area contributed by atoms with Gasteiger partial charge in [0, 0.05) is 34.7 Å². The second-order valence-corrected chi connectivity index (χ2v) is 9.16. The highest BCUT2D eigenvalue weighted by Crippen LogP contribution is 2.40. The second-order valence-electron chi connectivity index (χ2n) is 8.31. The van der Waals surface area contributed by atoms with Gasteiger partial charge in [0.1, 0.15) is 17.2 Å². The summed E-state index contributed by atoms with van der Waals surface area (Å²) in [5.74, 6) is -0.0524. The molecule has 0 aliphatic carbocycles. The molecule has 0 spiro atoms. The van der Waals surface area contributed by atoms with E-state index in [2.05, 4.69) is 10.6 Å². The van der Waals surface area contributed by atoms with Crippen LogP contribution >= 0.6 is 0 Å². The molecule has 13 heteroatoms. The maximum atomic E-state index is 12.7. The van der Waals surface area contributed by atoms with Crippen molar-refractivity contribution in [3.05, 3.63) is 48.5 Å². The van der Waals surface area contributed by atoms with Gasteiger partial charge in [-0.15, -0.1) is 0 Å². The molecular weight excluding hydrogens is 530 g/mol. The largest absolute Gasteiger partial charge is 0.493 e. The molecule has 0 fully saturated rings. The van der Waals surface area contributed by atoms with E-state index in [9.17, 15) is 23.5 Å². The first-order chi connectivity index (χ1) is 18.7. The predicted octanol–water partition coefficient (Wildman–Crippen LogP) is 5.06. The van der Waals surface area contributed by atoms with Crippen molar-refractivity contribution in [2.45, 2.75) is 19.4 Å². The second kappa shape index (κ2) is 11.5. The Morgan fingerprint density at radius 2 is 1.59 bits per heavy atom. The normalized spacial score (nSPS) is 12.5. The smallest absolute Gasteiger partial charge is 0.327 e. The molecule has 2 unspecified atom stereocenters. The molecule has 1 heterocycles. The number of anilines is 3. The highest BCUT2D eigenvalue weighted by Gasteiger charge is 2.29. The summed E-state index contributed by atoms with van der Waals surface area (Å²) in [6.07, 6.45) is 0.124. The average Bonchev–Trinajstić information content (AvgIpc) is 3.27. The van der Waals surface area contributed by atoms with Crippen LogP contribution in [0.1, 0.15) is 13.3 Å². The zero-order valence-corrected chi connectivity index (χ0v) is 22.3. The number of hydrogen-bond acceptors (Lipinski definition) is 7. The van der Waals surface area contributed by atoms with Gasteiger partial charge < -0.3 is 34.4 Å². The van der Waals surface area contributed by atoms with Crippen molar-refractivity contribution >= 4 is 62.3 Å². The number of rotatable bonds is 10. The van der Waals surface area contributed by atoms with E-state index in [-0.39, 0.29) is 12.1 Å². The van der Waals surface area contributed by atoms with Crippen LogP contribution in [0, 0.1) is 0 Å². The van der Waals surface area contributed by atoms with Crippen LogP contribution in [0.4, 0.5) is 21.9 Å². The van der Waals surface area contributed by atoms with Gasteiger partial charge in [0.2, 0.25) is 5.75 Å². The molecule has 0 bridgehead atoms. The number of aliphatic carboxylic acids is 1. The molecular formula is C26H27N3O9S. The van der Waals surface area contributed by atoms with Crippen LogP contribution < -0.4 is 29.1 Å². The fraction of sp³-hybridized carbons (Fsp3) is 0.231. The molecule has 4 aromatic rings. The maximum absolute atomic E-state index is 12.7. The van der Waals surface area contributed by atoms with E-state index in [1.165, 1.54) is 27.4 Å². The Labute approximate surface area is 225 Å². The van der Waals surface area contributed by atoms with Crippen LogP contribution in [0.15, 0.2) is 52.9 Å². The monoisotopic (exact) mass is 557 g/mol. The Morgan fingerprint density at radius 3 is 2.15 bits per heavy atom.